The van der Waals surface area contributed by atoms with Crippen molar-refractivity contribution in [1.82, 2.24) is 0 Å². The summed E-state index contributed by atoms with van der Waals surface area (Å²) in [6.45, 7) is 2.09. The molecule has 4 heteroatoms. The Balaban J connectivity index is 1.54. The summed E-state index contributed by atoms with van der Waals surface area (Å²) in [5.74, 6) is 0.925. The molecule has 160 valence electrons. The highest BCUT2D eigenvalue weighted by atomic mass is 16.5. The molecule has 4 rings (SSSR count). The number of benzene rings is 3. The summed E-state index contributed by atoms with van der Waals surface area (Å²) in [5, 5.41) is 0. The van der Waals surface area contributed by atoms with E-state index in [1.165, 1.54) is 11.3 Å². The fourth-order valence-corrected chi connectivity index (χ4v) is 4.44. The van der Waals surface area contributed by atoms with Gasteiger partial charge in [0.25, 0.3) is 0 Å². The number of hydrogen-bond donors (Lipinski definition) is 0. The first kappa shape index (κ1) is 21.0. The summed E-state index contributed by atoms with van der Waals surface area (Å²) in [6, 6.07) is 24.6. The number of anilines is 3. The van der Waals surface area contributed by atoms with Crippen LogP contribution in [0.3, 0.4) is 0 Å². The highest BCUT2D eigenvalue weighted by molar-refractivity contribution is 6.12. The number of ether oxygens (including phenoxy) is 1. The number of carbonyl (C=O) groups excluding carboxylic acids is 1. The van der Waals surface area contributed by atoms with Crippen LogP contribution in [0.1, 0.15) is 30.9 Å². The number of rotatable bonds is 7. The van der Waals surface area contributed by atoms with E-state index in [1.54, 1.807) is 7.11 Å². The summed E-state index contributed by atoms with van der Waals surface area (Å²) in [7, 11) is 5.75. The van der Waals surface area contributed by atoms with Crippen LogP contribution < -0.4 is 14.5 Å². The first-order valence-electron chi connectivity index (χ1n) is 10.8. The first-order valence-corrected chi connectivity index (χ1v) is 10.8. The monoisotopic (exact) mass is 414 g/mol. The molecule has 0 saturated heterocycles. The van der Waals surface area contributed by atoms with Crippen molar-refractivity contribution in [1.29, 1.82) is 0 Å². The average Bonchev–Trinajstić information content (AvgIpc) is 3.01. The van der Waals surface area contributed by atoms with Gasteiger partial charge in [-0.1, -0.05) is 30.3 Å². The molecule has 0 aliphatic carbocycles. The normalized spacial score (nSPS) is 17.5. The standard InChI is InChI=1S/C27H30N2O2/c1-27(19-7-8-20-11-13-21(14-12-20)28(2)3)24-9-5-6-10-25(24)29(26(27)30)22-15-17-23(31-4)18-16-22/h5-6,9-18H,7-8,19H2,1-4H3. The largest absolute Gasteiger partial charge is 0.497 e. The van der Waals surface area contributed by atoms with Crippen LogP contribution in [0.4, 0.5) is 17.1 Å². The summed E-state index contributed by atoms with van der Waals surface area (Å²) in [4.78, 5) is 17.7. The van der Waals surface area contributed by atoms with Crippen LogP contribution in [-0.2, 0) is 16.6 Å². The van der Waals surface area contributed by atoms with Crippen molar-refractivity contribution in [2.24, 2.45) is 0 Å². The van der Waals surface area contributed by atoms with E-state index in [2.05, 4.69) is 42.2 Å². The molecule has 3 aromatic rings. The Morgan fingerprint density at radius 1 is 0.935 bits per heavy atom. The van der Waals surface area contributed by atoms with Gasteiger partial charge < -0.3 is 9.64 Å². The van der Waals surface area contributed by atoms with Crippen LogP contribution in [-0.4, -0.2) is 27.1 Å². The zero-order valence-electron chi connectivity index (χ0n) is 18.8. The highest BCUT2D eigenvalue weighted by Crippen LogP contribution is 2.47. The molecular formula is C27H30N2O2. The molecule has 1 atom stereocenters. The molecule has 31 heavy (non-hydrogen) atoms. The molecule has 0 bridgehead atoms. The van der Waals surface area contributed by atoms with Gasteiger partial charge in [-0.25, -0.2) is 0 Å². The number of para-hydroxylation sites is 1. The summed E-state index contributed by atoms with van der Waals surface area (Å²) >= 11 is 0. The average molecular weight is 415 g/mol. The Morgan fingerprint density at radius 2 is 1.61 bits per heavy atom. The van der Waals surface area contributed by atoms with Crippen LogP contribution >= 0.6 is 0 Å². The lowest BCUT2D eigenvalue weighted by atomic mass is 9.79. The third kappa shape index (κ3) is 3.90. The Hall–Kier alpha value is -3.27. The van der Waals surface area contributed by atoms with E-state index >= 15 is 0 Å². The van der Waals surface area contributed by atoms with Crippen molar-refractivity contribution in [3.63, 3.8) is 0 Å². The maximum Gasteiger partial charge on any atom is 0.241 e. The minimum Gasteiger partial charge on any atom is -0.497 e. The fourth-order valence-electron chi connectivity index (χ4n) is 4.44. The second-order valence-corrected chi connectivity index (χ2v) is 8.60. The van der Waals surface area contributed by atoms with Gasteiger partial charge in [-0.15, -0.1) is 0 Å². The third-order valence-corrected chi connectivity index (χ3v) is 6.34. The molecular weight excluding hydrogens is 384 g/mol. The number of amides is 1. The van der Waals surface area contributed by atoms with Gasteiger partial charge in [0, 0.05) is 25.5 Å². The molecule has 1 amide bonds. The van der Waals surface area contributed by atoms with E-state index in [0.29, 0.717) is 0 Å². The Kier molecular flexibility index (Phi) is 5.73. The summed E-state index contributed by atoms with van der Waals surface area (Å²) in [6.07, 6.45) is 2.72. The van der Waals surface area contributed by atoms with Gasteiger partial charge in [0.15, 0.2) is 0 Å². The van der Waals surface area contributed by atoms with Gasteiger partial charge in [-0.3, -0.25) is 9.69 Å². The maximum atomic E-state index is 13.7. The molecule has 1 aliphatic rings. The SMILES string of the molecule is COc1ccc(N2C(=O)C(C)(CCCc3ccc(N(C)C)cc3)c3ccccc32)cc1. The van der Waals surface area contributed by atoms with Crippen molar-refractivity contribution in [2.75, 3.05) is 31.0 Å². The van der Waals surface area contributed by atoms with E-state index < -0.39 is 5.41 Å². The van der Waals surface area contributed by atoms with Crippen LogP contribution in [0.25, 0.3) is 0 Å². The Bertz CT molecular complexity index is 1060. The third-order valence-electron chi connectivity index (χ3n) is 6.34. The smallest absolute Gasteiger partial charge is 0.241 e. The van der Waals surface area contributed by atoms with Crippen molar-refractivity contribution >= 4 is 23.0 Å². The minimum atomic E-state index is -0.528. The number of methoxy groups -OCH3 is 1. The molecule has 3 aromatic carbocycles. The molecule has 0 radical (unpaired) electrons. The number of fused-ring (bicyclic) bond motifs is 1. The predicted octanol–water partition coefficient (Wildman–Crippen LogP) is 5.72. The fraction of sp³-hybridized carbons (Fsp3) is 0.296. The van der Waals surface area contributed by atoms with E-state index in [-0.39, 0.29) is 5.91 Å². The zero-order valence-corrected chi connectivity index (χ0v) is 18.8. The van der Waals surface area contributed by atoms with E-state index in [9.17, 15) is 4.79 Å². The van der Waals surface area contributed by atoms with Gasteiger partial charge in [-0.05, 0) is 79.8 Å². The maximum absolute atomic E-state index is 13.7. The number of carbonyl (C=O) groups is 1. The van der Waals surface area contributed by atoms with Gasteiger partial charge in [0.05, 0.1) is 18.2 Å². The molecule has 0 spiro atoms. The van der Waals surface area contributed by atoms with E-state index in [4.69, 9.17) is 4.74 Å². The van der Waals surface area contributed by atoms with Crippen LogP contribution in [0.2, 0.25) is 0 Å². The zero-order chi connectivity index (χ0) is 22.0. The lowest BCUT2D eigenvalue weighted by Gasteiger charge is -2.25. The highest BCUT2D eigenvalue weighted by Gasteiger charge is 2.47. The molecule has 0 N–H and O–H groups in total. The van der Waals surface area contributed by atoms with Crippen molar-refractivity contribution in [3.05, 3.63) is 83.9 Å². The van der Waals surface area contributed by atoms with Gasteiger partial charge >= 0.3 is 0 Å². The lowest BCUT2D eigenvalue weighted by molar-refractivity contribution is -0.122. The van der Waals surface area contributed by atoms with Crippen molar-refractivity contribution in [3.8, 4) is 5.75 Å². The van der Waals surface area contributed by atoms with Crippen LogP contribution in [0, 0.1) is 0 Å². The molecule has 4 nitrogen and oxygen atoms in total. The molecule has 1 aliphatic heterocycles. The van der Waals surface area contributed by atoms with E-state index in [0.717, 1.165) is 42.0 Å². The summed E-state index contributed by atoms with van der Waals surface area (Å²) in [5.41, 5.74) is 4.95. The van der Waals surface area contributed by atoms with Crippen molar-refractivity contribution < 1.29 is 9.53 Å². The summed E-state index contributed by atoms with van der Waals surface area (Å²) < 4.78 is 5.28. The van der Waals surface area contributed by atoms with Gasteiger partial charge in [0.1, 0.15) is 5.75 Å². The number of nitrogens with zero attached hydrogens (tertiary/aromatic N) is 2. The minimum absolute atomic E-state index is 0.141. The number of aryl methyl sites for hydroxylation is 1. The van der Waals surface area contributed by atoms with Gasteiger partial charge in [-0.2, -0.15) is 0 Å². The Morgan fingerprint density at radius 3 is 2.26 bits per heavy atom. The number of hydrogen-bond acceptors (Lipinski definition) is 3. The lowest BCUT2D eigenvalue weighted by Crippen LogP contribution is -2.35. The molecule has 1 heterocycles. The van der Waals surface area contributed by atoms with E-state index in [1.807, 2.05) is 61.5 Å². The van der Waals surface area contributed by atoms with Gasteiger partial charge in [0.2, 0.25) is 5.91 Å². The topological polar surface area (TPSA) is 32.8 Å². The molecule has 0 aromatic heterocycles. The second kappa shape index (κ2) is 8.46. The second-order valence-electron chi connectivity index (χ2n) is 8.60. The molecule has 0 saturated carbocycles. The van der Waals surface area contributed by atoms with Crippen molar-refractivity contribution in [2.45, 2.75) is 31.6 Å². The quantitative estimate of drug-likeness (QED) is 0.496. The first-order chi connectivity index (χ1) is 14.9. The predicted molar refractivity (Wildman–Crippen MR) is 128 cm³/mol. The molecule has 1 unspecified atom stereocenters. The van der Waals surface area contributed by atoms with Crippen LogP contribution in [0.5, 0.6) is 5.75 Å². The van der Waals surface area contributed by atoms with Crippen LogP contribution in [0.15, 0.2) is 72.8 Å². The Labute approximate surface area is 185 Å². The molecule has 0 fully saturated rings.